The number of aliphatic hydroxyl groups is 2. The van der Waals surface area contributed by atoms with Crippen LogP contribution in [-0.2, 0) is 9.59 Å². The molecule has 0 spiro atoms. The number of carboxylic acids is 1. The first-order valence-corrected chi connectivity index (χ1v) is 14.1. The summed E-state index contributed by atoms with van der Waals surface area (Å²) in [5.74, 6) is -0.814. The largest absolute Gasteiger partial charge is 0.481 e. The molecule has 3 saturated carbocycles. The van der Waals surface area contributed by atoms with Crippen molar-refractivity contribution in [1.29, 1.82) is 0 Å². The van der Waals surface area contributed by atoms with E-state index in [0.29, 0.717) is 37.5 Å². The molecule has 4 aliphatic rings. The lowest BCUT2D eigenvalue weighted by molar-refractivity contribution is -0.154. The maximum absolute atomic E-state index is 12.9. The molecule has 0 aromatic heterocycles. The van der Waals surface area contributed by atoms with Crippen molar-refractivity contribution in [2.24, 2.45) is 51.2 Å². The number of allylic oxidation sites excluding steroid dienone is 3. The first kappa shape index (κ1) is 27.6. The van der Waals surface area contributed by atoms with Gasteiger partial charge in [-0.1, -0.05) is 65.3 Å². The fourth-order valence-electron chi connectivity index (χ4n) is 9.45. The number of carboxylic acid groups (broad SMARTS) is 1. The SMILES string of the molecule is C=C(CC[C@@H](C(=O)O)[C@H]1[C@H](O)C[C@@]2(C)C3=CC[C@@H]4[C@](C)(CCC(=O)[C@]4(C)CO)[C@H]3CC[C@]12C)C(C)C. The average molecular weight is 501 g/mol. The molecule has 0 radical (unpaired) electrons. The highest BCUT2D eigenvalue weighted by Crippen LogP contribution is 2.73. The third-order valence-electron chi connectivity index (χ3n) is 12.1. The van der Waals surface area contributed by atoms with Gasteiger partial charge in [0, 0.05) is 12.3 Å². The van der Waals surface area contributed by atoms with Crippen LogP contribution in [-0.4, -0.2) is 39.8 Å². The molecule has 0 amide bonds. The highest BCUT2D eigenvalue weighted by atomic mass is 16.4. The Labute approximate surface area is 217 Å². The zero-order valence-corrected chi connectivity index (χ0v) is 23.3. The van der Waals surface area contributed by atoms with Crippen LogP contribution in [0.25, 0.3) is 0 Å². The molecule has 5 nitrogen and oxygen atoms in total. The van der Waals surface area contributed by atoms with Crippen LogP contribution in [0.5, 0.6) is 0 Å². The fraction of sp³-hybridized carbons (Fsp3) is 0.806. The summed E-state index contributed by atoms with van der Waals surface area (Å²) in [4.78, 5) is 25.5. The lowest BCUT2D eigenvalue weighted by Crippen LogP contribution is -2.59. The van der Waals surface area contributed by atoms with Crippen molar-refractivity contribution >= 4 is 11.8 Å². The summed E-state index contributed by atoms with van der Waals surface area (Å²) in [6.07, 6.45) is 7.35. The maximum atomic E-state index is 12.9. The summed E-state index contributed by atoms with van der Waals surface area (Å²) in [5, 5.41) is 32.1. The van der Waals surface area contributed by atoms with E-state index >= 15 is 0 Å². The second-order valence-electron chi connectivity index (χ2n) is 13.9. The zero-order chi connectivity index (χ0) is 26.8. The summed E-state index contributed by atoms with van der Waals surface area (Å²) in [7, 11) is 0. The summed E-state index contributed by atoms with van der Waals surface area (Å²) < 4.78 is 0. The van der Waals surface area contributed by atoms with Gasteiger partial charge >= 0.3 is 5.97 Å². The van der Waals surface area contributed by atoms with Crippen LogP contribution in [0.4, 0.5) is 0 Å². The number of aliphatic hydroxyl groups excluding tert-OH is 2. The predicted molar refractivity (Wildman–Crippen MR) is 141 cm³/mol. The number of hydrogen-bond donors (Lipinski definition) is 3. The number of carbonyl (C=O) groups is 2. The molecule has 202 valence electrons. The molecule has 0 heterocycles. The lowest BCUT2D eigenvalue weighted by Gasteiger charge is -2.63. The Hall–Kier alpha value is -1.46. The van der Waals surface area contributed by atoms with E-state index in [4.69, 9.17) is 0 Å². The van der Waals surface area contributed by atoms with Gasteiger partial charge in [-0.05, 0) is 78.9 Å². The van der Waals surface area contributed by atoms with E-state index in [1.54, 1.807) is 0 Å². The van der Waals surface area contributed by atoms with Crippen LogP contribution < -0.4 is 0 Å². The minimum atomic E-state index is -0.808. The monoisotopic (exact) mass is 500 g/mol. The number of hydrogen-bond acceptors (Lipinski definition) is 4. The molecular weight excluding hydrogens is 452 g/mol. The van der Waals surface area contributed by atoms with Gasteiger partial charge in [-0.25, -0.2) is 0 Å². The zero-order valence-electron chi connectivity index (χ0n) is 23.3. The summed E-state index contributed by atoms with van der Waals surface area (Å²) in [6.45, 7) is 17.0. The molecule has 0 aromatic rings. The Balaban J connectivity index is 1.71. The maximum Gasteiger partial charge on any atom is 0.306 e. The molecule has 0 saturated heterocycles. The van der Waals surface area contributed by atoms with Gasteiger partial charge in [0.15, 0.2) is 0 Å². The molecule has 3 fully saturated rings. The smallest absolute Gasteiger partial charge is 0.306 e. The van der Waals surface area contributed by atoms with Crippen LogP contribution in [0.15, 0.2) is 23.8 Å². The van der Waals surface area contributed by atoms with Gasteiger partial charge < -0.3 is 15.3 Å². The van der Waals surface area contributed by atoms with E-state index in [2.05, 4.69) is 47.3 Å². The normalized spacial score (nSPS) is 44.9. The molecule has 4 aliphatic carbocycles. The van der Waals surface area contributed by atoms with Crippen molar-refractivity contribution in [3.8, 4) is 0 Å². The Kier molecular flexibility index (Phi) is 6.95. The molecule has 3 N–H and O–H groups in total. The Morgan fingerprint density at radius 2 is 1.86 bits per heavy atom. The van der Waals surface area contributed by atoms with Gasteiger partial charge in [-0.2, -0.15) is 0 Å². The van der Waals surface area contributed by atoms with Crippen LogP contribution >= 0.6 is 0 Å². The van der Waals surface area contributed by atoms with E-state index in [1.807, 2.05) is 6.92 Å². The molecular formula is C31H48O5. The number of aliphatic carboxylic acids is 1. The van der Waals surface area contributed by atoms with Gasteiger partial charge in [0.25, 0.3) is 0 Å². The second-order valence-corrected chi connectivity index (χ2v) is 13.9. The quantitative estimate of drug-likeness (QED) is 0.384. The Morgan fingerprint density at radius 1 is 1.19 bits per heavy atom. The standard InChI is InChI=1S/C31H48O5/c1-18(2)19(3)8-9-20(27(35)36)26-23(33)16-31(7)22-10-11-24-28(4,21(22)12-15-30(26,31)6)14-13-25(34)29(24,5)17-32/h10,18,20-21,23-24,26,32-33H,3,8-9,11-17H2,1-2,4-7H3,(H,35,36)/t20-,21+,23-,24-,26+,28-,29-,30-,31+/m1/s1. The van der Waals surface area contributed by atoms with Crippen molar-refractivity contribution in [3.05, 3.63) is 23.8 Å². The van der Waals surface area contributed by atoms with E-state index in [1.165, 1.54) is 5.57 Å². The van der Waals surface area contributed by atoms with Gasteiger partial charge in [-0.3, -0.25) is 9.59 Å². The van der Waals surface area contributed by atoms with E-state index in [9.17, 15) is 24.9 Å². The van der Waals surface area contributed by atoms with Crippen LogP contribution in [0.2, 0.25) is 0 Å². The number of fused-ring (bicyclic) bond motifs is 5. The first-order valence-electron chi connectivity index (χ1n) is 14.1. The van der Waals surface area contributed by atoms with Crippen molar-refractivity contribution < 1.29 is 24.9 Å². The Morgan fingerprint density at radius 3 is 2.44 bits per heavy atom. The van der Waals surface area contributed by atoms with Gasteiger partial charge in [0.2, 0.25) is 0 Å². The lowest BCUT2D eigenvalue weighted by atomic mass is 9.41. The minimum absolute atomic E-state index is 0.0793. The molecule has 5 heteroatoms. The molecule has 9 atom stereocenters. The summed E-state index contributed by atoms with van der Waals surface area (Å²) >= 11 is 0. The molecule has 0 aliphatic heterocycles. The topological polar surface area (TPSA) is 94.8 Å². The van der Waals surface area contributed by atoms with Crippen molar-refractivity contribution in [3.63, 3.8) is 0 Å². The van der Waals surface area contributed by atoms with Gasteiger partial charge in [0.1, 0.15) is 5.78 Å². The van der Waals surface area contributed by atoms with Gasteiger partial charge in [0.05, 0.1) is 24.0 Å². The van der Waals surface area contributed by atoms with Gasteiger partial charge in [-0.15, -0.1) is 0 Å². The molecule has 0 bridgehead atoms. The molecule has 36 heavy (non-hydrogen) atoms. The average Bonchev–Trinajstić information content (AvgIpc) is 3.02. The number of rotatable bonds is 7. The van der Waals surface area contributed by atoms with Crippen LogP contribution in [0.3, 0.4) is 0 Å². The van der Waals surface area contributed by atoms with E-state index < -0.39 is 23.4 Å². The highest BCUT2D eigenvalue weighted by Gasteiger charge is 2.68. The number of carbonyl (C=O) groups excluding carboxylic acids is 1. The van der Waals surface area contributed by atoms with Crippen LogP contribution in [0, 0.1) is 51.2 Å². The Bertz CT molecular complexity index is 966. The van der Waals surface area contributed by atoms with E-state index in [-0.39, 0.29) is 40.5 Å². The summed E-state index contributed by atoms with van der Waals surface area (Å²) in [6, 6.07) is 0. The minimum Gasteiger partial charge on any atom is -0.481 e. The van der Waals surface area contributed by atoms with E-state index in [0.717, 1.165) is 31.3 Å². The number of Topliss-reactive ketones (excluding diaryl/α,β-unsaturated/α-hetero) is 1. The molecule has 4 rings (SSSR count). The predicted octanol–water partition coefficient (Wildman–Crippen LogP) is 5.80. The third kappa shape index (κ3) is 3.70. The van der Waals surface area contributed by atoms with Crippen molar-refractivity contribution in [2.45, 2.75) is 99.0 Å². The molecule has 0 aromatic carbocycles. The second kappa shape index (κ2) is 9.08. The van der Waals surface area contributed by atoms with Crippen LogP contribution in [0.1, 0.15) is 92.9 Å². The fourth-order valence-corrected chi connectivity index (χ4v) is 9.45. The van der Waals surface area contributed by atoms with Crippen molar-refractivity contribution in [1.82, 2.24) is 0 Å². The number of ketones is 1. The van der Waals surface area contributed by atoms with Crippen molar-refractivity contribution in [2.75, 3.05) is 6.61 Å². The molecule has 0 unspecified atom stereocenters. The third-order valence-corrected chi connectivity index (χ3v) is 12.1. The first-order chi connectivity index (χ1) is 16.7. The highest BCUT2D eigenvalue weighted by molar-refractivity contribution is 5.86. The summed E-state index contributed by atoms with van der Waals surface area (Å²) in [5.41, 5.74) is 1.06.